The predicted octanol–water partition coefficient (Wildman–Crippen LogP) is 4.57. The lowest BCUT2D eigenvalue weighted by atomic mass is 9.47. The second-order valence-electron chi connectivity index (χ2n) is 7.83. The minimum absolute atomic E-state index is 0.0848. The van der Waals surface area contributed by atoms with Crippen molar-refractivity contribution in [2.24, 2.45) is 28.9 Å². The summed E-state index contributed by atoms with van der Waals surface area (Å²) in [6.07, 6.45) is 8.72. The van der Waals surface area contributed by atoms with Gasteiger partial charge in [0.15, 0.2) is 0 Å². The van der Waals surface area contributed by atoms with Crippen LogP contribution in [-0.4, -0.2) is 6.04 Å². The molecule has 1 atom stereocenters. The van der Waals surface area contributed by atoms with Gasteiger partial charge in [0.25, 0.3) is 0 Å². The Kier molecular flexibility index (Phi) is 3.31. The molecule has 2 N–H and O–H groups in total. The molecule has 4 aliphatic rings. The monoisotopic (exact) mass is 307 g/mol. The molecule has 0 spiro atoms. The third-order valence-corrected chi connectivity index (χ3v) is 6.56. The normalized spacial score (nSPS) is 38.7. The van der Waals surface area contributed by atoms with E-state index in [1.165, 1.54) is 44.6 Å². The summed E-state index contributed by atoms with van der Waals surface area (Å²) in [5.74, 6) is 2.45. The fourth-order valence-corrected chi connectivity index (χ4v) is 5.93. The van der Waals surface area contributed by atoms with Crippen LogP contribution < -0.4 is 5.73 Å². The van der Waals surface area contributed by atoms with Crippen LogP contribution in [0.3, 0.4) is 0 Å². The third-order valence-electron chi connectivity index (χ3n) is 6.33. The summed E-state index contributed by atoms with van der Waals surface area (Å²) in [6.45, 7) is 0. The van der Waals surface area contributed by atoms with Crippen LogP contribution in [0.2, 0.25) is 5.02 Å². The number of hydrogen-bond donors (Lipinski definition) is 1. The minimum Gasteiger partial charge on any atom is -0.327 e. The van der Waals surface area contributed by atoms with Crippen LogP contribution in [-0.2, 0) is 6.42 Å². The van der Waals surface area contributed by atoms with E-state index in [1.807, 2.05) is 0 Å². The second-order valence-corrected chi connectivity index (χ2v) is 8.26. The molecule has 1 unspecified atom stereocenters. The SMILES string of the molecule is NC(Cc1ccc(Cl)cc1F)C12CC3CC(CC(C3)C1)C2. The van der Waals surface area contributed by atoms with Crippen LogP contribution >= 0.6 is 11.6 Å². The van der Waals surface area contributed by atoms with Crippen molar-refractivity contribution in [2.75, 3.05) is 0 Å². The Morgan fingerprint density at radius 2 is 1.71 bits per heavy atom. The highest BCUT2D eigenvalue weighted by Crippen LogP contribution is 2.61. The van der Waals surface area contributed by atoms with E-state index in [1.54, 1.807) is 12.1 Å². The summed E-state index contributed by atoms with van der Waals surface area (Å²) >= 11 is 5.84. The van der Waals surface area contributed by atoms with Gasteiger partial charge in [0.2, 0.25) is 0 Å². The van der Waals surface area contributed by atoms with Gasteiger partial charge in [-0.05, 0) is 85.8 Å². The molecule has 0 aliphatic heterocycles. The van der Waals surface area contributed by atoms with Crippen molar-refractivity contribution in [2.45, 2.75) is 51.0 Å². The van der Waals surface area contributed by atoms with E-state index in [0.29, 0.717) is 11.4 Å². The van der Waals surface area contributed by atoms with Gasteiger partial charge >= 0.3 is 0 Å². The Morgan fingerprint density at radius 1 is 1.14 bits per heavy atom. The predicted molar refractivity (Wildman–Crippen MR) is 83.7 cm³/mol. The molecule has 4 aliphatic carbocycles. The molecule has 21 heavy (non-hydrogen) atoms. The van der Waals surface area contributed by atoms with E-state index in [-0.39, 0.29) is 17.3 Å². The third kappa shape index (κ3) is 2.41. The molecule has 0 radical (unpaired) electrons. The van der Waals surface area contributed by atoms with Gasteiger partial charge in [-0.1, -0.05) is 17.7 Å². The molecule has 114 valence electrons. The Hall–Kier alpha value is -0.600. The Labute approximate surface area is 131 Å². The van der Waals surface area contributed by atoms with Crippen LogP contribution in [0.5, 0.6) is 0 Å². The minimum atomic E-state index is -0.206. The maximum Gasteiger partial charge on any atom is 0.127 e. The fourth-order valence-electron chi connectivity index (χ4n) is 5.77. The van der Waals surface area contributed by atoms with Crippen LogP contribution in [0, 0.1) is 29.0 Å². The molecule has 4 fully saturated rings. The molecule has 4 bridgehead atoms. The van der Waals surface area contributed by atoms with Gasteiger partial charge in [-0.25, -0.2) is 4.39 Å². The van der Waals surface area contributed by atoms with Crippen molar-refractivity contribution in [3.63, 3.8) is 0 Å². The Balaban J connectivity index is 1.56. The van der Waals surface area contributed by atoms with Gasteiger partial charge < -0.3 is 5.73 Å². The molecular formula is C18H23ClFN. The first-order chi connectivity index (χ1) is 10.0. The molecule has 1 aromatic rings. The van der Waals surface area contributed by atoms with Crippen molar-refractivity contribution >= 4 is 11.6 Å². The highest BCUT2D eigenvalue weighted by Gasteiger charge is 2.53. The van der Waals surface area contributed by atoms with E-state index in [9.17, 15) is 4.39 Å². The topological polar surface area (TPSA) is 26.0 Å². The average molecular weight is 308 g/mol. The van der Waals surface area contributed by atoms with Gasteiger partial charge in [-0.3, -0.25) is 0 Å². The van der Waals surface area contributed by atoms with E-state index in [0.717, 1.165) is 23.3 Å². The highest BCUT2D eigenvalue weighted by atomic mass is 35.5. The maximum absolute atomic E-state index is 14.0. The van der Waals surface area contributed by atoms with Crippen molar-refractivity contribution < 1.29 is 4.39 Å². The van der Waals surface area contributed by atoms with Crippen molar-refractivity contribution in [3.05, 3.63) is 34.6 Å². The Morgan fingerprint density at radius 3 is 2.24 bits per heavy atom. The number of benzene rings is 1. The smallest absolute Gasteiger partial charge is 0.127 e. The summed E-state index contributed by atoms with van der Waals surface area (Å²) < 4.78 is 14.0. The molecule has 0 saturated heterocycles. The molecule has 0 amide bonds. The van der Waals surface area contributed by atoms with Crippen LogP contribution in [0.25, 0.3) is 0 Å². The van der Waals surface area contributed by atoms with Crippen molar-refractivity contribution in [1.29, 1.82) is 0 Å². The lowest BCUT2D eigenvalue weighted by molar-refractivity contribution is -0.0668. The largest absolute Gasteiger partial charge is 0.327 e. The number of nitrogens with two attached hydrogens (primary N) is 1. The zero-order valence-electron chi connectivity index (χ0n) is 12.3. The number of hydrogen-bond acceptors (Lipinski definition) is 1. The van der Waals surface area contributed by atoms with E-state index < -0.39 is 0 Å². The first-order valence-corrected chi connectivity index (χ1v) is 8.61. The summed E-state index contributed by atoms with van der Waals surface area (Å²) in [5.41, 5.74) is 7.62. The molecular weight excluding hydrogens is 285 g/mol. The molecule has 4 saturated carbocycles. The maximum atomic E-state index is 14.0. The summed E-state index contributed by atoms with van der Waals surface area (Å²) in [4.78, 5) is 0. The van der Waals surface area contributed by atoms with Crippen LogP contribution in [0.15, 0.2) is 18.2 Å². The standard InChI is InChI=1S/C18H23ClFN/c19-15-2-1-14(16(20)7-15)6-17(21)18-8-11-3-12(9-18)5-13(4-11)10-18/h1-2,7,11-13,17H,3-6,8-10,21H2. The van der Waals surface area contributed by atoms with E-state index in [2.05, 4.69) is 0 Å². The Bertz CT molecular complexity index is 521. The quantitative estimate of drug-likeness (QED) is 0.870. The number of halogens is 2. The zero-order valence-corrected chi connectivity index (χ0v) is 13.1. The van der Waals surface area contributed by atoms with Gasteiger partial charge in [0.05, 0.1) is 0 Å². The lowest BCUT2D eigenvalue weighted by Crippen LogP contribution is -2.55. The van der Waals surface area contributed by atoms with Crippen LogP contribution in [0.1, 0.15) is 44.1 Å². The molecule has 0 heterocycles. The summed E-state index contributed by atoms with van der Waals surface area (Å²) in [6, 6.07) is 5.06. The summed E-state index contributed by atoms with van der Waals surface area (Å²) in [5, 5.41) is 0.458. The molecule has 5 rings (SSSR count). The van der Waals surface area contributed by atoms with Gasteiger partial charge in [0, 0.05) is 11.1 Å². The molecule has 3 heteroatoms. The molecule has 1 aromatic carbocycles. The lowest BCUT2D eigenvalue weighted by Gasteiger charge is -2.59. The zero-order chi connectivity index (χ0) is 14.6. The van der Waals surface area contributed by atoms with Gasteiger partial charge in [0.1, 0.15) is 5.82 Å². The van der Waals surface area contributed by atoms with Crippen molar-refractivity contribution in [3.8, 4) is 0 Å². The van der Waals surface area contributed by atoms with Crippen molar-refractivity contribution in [1.82, 2.24) is 0 Å². The van der Waals surface area contributed by atoms with Gasteiger partial charge in [-0.15, -0.1) is 0 Å². The first-order valence-electron chi connectivity index (χ1n) is 8.23. The van der Waals surface area contributed by atoms with Gasteiger partial charge in [-0.2, -0.15) is 0 Å². The van der Waals surface area contributed by atoms with Crippen LogP contribution in [0.4, 0.5) is 4.39 Å². The van der Waals surface area contributed by atoms with E-state index in [4.69, 9.17) is 17.3 Å². The first kappa shape index (κ1) is 14.0. The summed E-state index contributed by atoms with van der Waals surface area (Å²) in [7, 11) is 0. The average Bonchev–Trinajstić information content (AvgIpc) is 2.40. The highest BCUT2D eigenvalue weighted by molar-refractivity contribution is 6.30. The fraction of sp³-hybridized carbons (Fsp3) is 0.667. The molecule has 0 aromatic heterocycles. The second kappa shape index (κ2) is 4.96. The molecule has 1 nitrogen and oxygen atoms in total. The number of rotatable bonds is 3. The van der Waals surface area contributed by atoms with E-state index >= 15 is 0 Å².